The van der Waals surface area contributed by atoms with Gasteiger partial charge in [-0.15, -0.1) is 11.3 Å². The maximum Gasteiger partial charge on any atom is 0.271 e. The molecule has 5 nitrogen and oxygen atoms in total. The Hall–Kier alpha value is -2.96. The summed E-state index contributed by atoms with van der Waals surface area (Å²) in [5.41, 5.74) is 1.66. The molecule has 1 unspecified atom stereocenters. The molecular weight excluding hydrogens is 418 g/mol. The van der Waals surface area contributed by atoms with Gasteiger partial charge in [0.05, 0.1) is 6.04 Å². The number of carbonyl (C=O) groups excluding carboxylic acids is 1. The minimum atomic E-state index is -0.384. The number of benzene rings is 2. The summed E-state index contributed by atoms with van der Waals surface area (Å²) in [5, 5.41) is 0.582. The Labute approximate surface area is 183 Å². The number of fused-ring (bicyclic) bond motifs is 1. The molecule has 1 atom stereocenters. The van der Waals surface area contributed by atoms with E-state index in [4.69, 9.17) is 11.6 Å². The van der Waals surface area contributed by atoms with Crippen molar-refractivity contribution in [3.63, 3.8) is 0 Å². The SMILES string of the molecule is CC(c1ccccc1Cl)N(C)C(=O)c1cnc2sc(Cc3ccccc3)cn2c1=O. The fourth-order valence-electron chi connectivity index (χ4n) is 3.34. The van der Waals surface area contributed by atoms with E-state index in [1.54, 1.807) is 19.3 Å². The van der Waals surface area contributed by atoms with Crippen LogP contribution in [0.3, 0.4) is 0 Å². The first-order chi connectivity index (χ1) is 14.5. The highest BCUT2D eigenvalue weighted by atomic mass is 35.5. The number of aromatic nitrogens is 2. The van der Waals surface area contributed by atoms with Crippen LogP contribution in [-0.2, 0) is 6.42 Å². The molecule has 2 aromatic carbocycles. The van der Waals surface area contributed by atoms with Crippen LogP contribution in [0.25, 0.3) is 4.96 Å². The Balaban J connectivity index is 1.64. The highest BCUT2D eigenvalue weighted by Crippen LogP contribution is 2.27. The van der Waals surface area contributed by atoms with Crippen LogP contribution in [0.4, 0.5) is 0 Å². The van der Waals surface area contributed by atoms with Crippen LogP contribution in [0.1, 0.15) is 39.3 Å². The average Bonchev–Trinajstić information content (AvgIpc) is 3.17. The zero-order valence-electron chi connectivity index (χ0n) is 16.6. The fraction of sp³-hybridized carbons (Fsp3) is 0.174. The molecule has 0 saturated heterocycles. The lowest BCUT2D eigenvalue weighted by Gasteiger charge is -2.25. The third-order valence-electron chi connectivity index (χ3n) is 5.16. The predicted molar refractivity (Wildman–Crippen MR) is 121 cm³/mol. The zero-order valence-corrected chi connectivity index (χ0v) is 18.2. The summed E-state index contributed by atoms with van der Waals surface area (Å²) in [5.74, 6) is -0.384. The number of hydrogen-bond acceptors (Lipinski definition) is 4. The third kappa shape index (κ3) is 3.88. The molecule has 0 fully saturated rings. The van der Waals surface area contributed by atoms with Crippen LogP contribution in [-0.4, -0.2) is 27.2 Å². The topological polar surface area (TPSA) is 54.7 Å². The summed E-state index contributed by atoms with van der Waals surface area (Å²) in [4.78, 5) is 33.6. The number of nitrogens with zero attached hydrogens (tertiary/aromatic N) is 3. The van der Waals surface area contributed by atoms with Gasteiger partial charge >= 0.3 is 0 Å². The molecule has 4 aromatic rings. The Kier molecular flexibility index (Phi) is 5.70. The van der Waals surface area contributed by atoms with Gasteiger partial charge in [0.15, 0.2) is 4.96 Å². The first-order valence-corrected chi connectivity index (χ1v) is 10.7. The molecule has 0 N–H and O–H groups in total. The predicted octanol–water partition coefficient (Wildman–Crippen LogP) is 4.83. The molecular formula is C23H20ClN3O2S. The van der Waals surface area contributed by atoms with E-state index in [0.29, 0.717) is 16.4 Å². The van der Waals surface area contributed by atoms with Crippen molar-refractivity contribution < 1.29 is 4.79 Å². The van der Waals surface area contributed by atoms with Gasteiger partial charge in [0, 0.05) is 35.8 Å². The van der Waals surface area contributed by atoms with Crippen LogP contribution in [0, 0.1) is 0 Å². The Morgan fingerprint density at radius 1 is 1.17 bits per heavy atom. The number of carbonyl (C=O) groups is 1. The summed E-state index contributed by atoms with van der Waals surface area (Å²) in [6.45, 7) is 1.88. The summed E-state index contributed by atoms with van der Waals surface area (Å²) in [6.07, 6.45) is 3.86. The van der Waals surface area contributed by atoms with Gasteiger partial charge in [0.1, 0.15) is 5.56 Å². The number of thiazole rings is 1. The molecule has 7 heteroatoms. The summed E-state index contributed by atoms with van der Waals surface area (Å²) >= 11 is 7.73. The van der Waals surface area contributed by atoms with E-state index in [1.807, 2.05) is 55.5 Å². The van der Waals surface area contributed by atoms with Crippen molar-refractivity contribution in [2.24, 2.45) is 0 Å². The molecule has 30 heavy (non-hydrogen) atoms. The monoisotopic (exact) mass is 437 g/mol. The minimum Gasteiger partial charge on any atom is -0.335 e. The van der Waals surface area contributed by atoms with E-state index >= 15 is 0 Å². The van der Waals surface area contributed by atoms with Crippen LogP contribution < -0.4 is 5.56 Å². The molecule has 0 saturated carbocycles. The van der Waals surface area contributed by atoms with Crippen LogP contribution in [0.2, 0.25) is 5.02 Å². The molecule has 2 aromatic heterocycles. The van der Waals surface area contributed by atoms with E-state index < -0.39 is 0 Å². The van der Waals surface area contributed by atoms with Crippen molar-refractivity contribution in [2.45, 2.75) is 19.4 Å². The first-order valence-electron chi connectivity index (χ1n) is 9.51. The number of amides is 1. The molecule has 2 heterocycles. The molecule has 1 amide bonds. The molecule has 0 spiro atoms. The molecule has 0 aliphatic carbocycles. The Bertz CT molecular complexity index is 1270. The maximum absolute atomic E-state index is 13.1. The van der Waals surface area contributed by atoms with Crippen LogP contribution >= 0.6 is 22.9 Å². The second-order valence-corrected chi connectivity index (χ2v) is 8.60. The summed E-state index contributed by atoms with van der Waals surface area (Å²) in [7, 11) is 1.67. The highest BCUT2D eigenvalue weighted by Gasteiger charge is 2.24. The lowest BCUT2D eigenvalue weighted by atomic mass is 10.1. The molecule has 0 bridgehead atoms. The molecule has 0 radical (unpaired) electrons. The average molecular weight is 438 g/mol. The van der Waals surface area contributed by atoms with Crippen molar-refractivity contribution in [1.29, 1.82) is 0 Å². The smallest absolute Gasteiger partial charge is 0.271 e. The number of rotatable bonds is 5. The van der Waals surface area contributed by atoms with E-state index in [1.165, 1.54) is 26.8 Å². The second-order valence-electron chi connectivity index (χ2n) is 7.10. The van der Waals surface area contributed by atoms with E-state index in [9.17, 15) is 9.59 Å². The van der Waals surface area contributed by atoms with E-state index in [0.717, 1.165) is 16.0 Å². The molecule has 0 aliphatic heterocycles. The first kappa shape index (κ1) is 20.3. The van der Waals surface area contributed by atoms with Crippen molar-refractivity contribution in [2.75, 3.05) is 7.05 Å². The molecule has 4 rings (SSSR count). The highest BCUT2D eigenvalue weighted by molar-refractivity contribution is 7.17. The summed E-state index contributed by atoms with van der Waals surface area (Å²) < 4.78 is 1.46. The fourth-order valence-corrected chi connectivity index (χ4v) is 4.61. The lowest BCUT2D eigenvalue weighted by molar-refractivity contribution is 0.0740. The Morgan fingerprint density at radius 2 is 1.87 bits per heavy atom. The van der Waals surface area contributed by atoms with Crippen molar-refractivity contribution >= 4 is 33.8 Å². The second kappa shape index (κ2) is 8.42. The van der Waals surface area contributed by atoms with E-state index in [-0.39, 0.29) is 23.1 Å². The normalized spacial score (nSPS) is 12.1. The van der Waals surface area contributed by atoms with Crippen molar-refractivity contribution in [3.8, 4) is 0 Å². The van der Waals surface area contributed by atoms with Gasteiger partial charge in [-0.25, -0.2) is 4.98 Å². The Morgan fingerprint density at radius 3 is 2.60 bits per heavy atom. The molecule has 0 aliphatic rings. The quantitative estimate of drug-likeness (QED) is 0.449. The van der Waals surface area contributed by atoms with Gasteiger partial charge in [-0.1, -0.05) is 60.1 Å². The van der Waals surface area contributed by atoms with Gasteiger partial charge in [-0.2, -0.15) is 0 Å². The largest absolute Gasteiger partial charge is 0.335 e. The third-order valence-corrected chi connectivity index (χ3v) is 6.50. The maximum atomic E-state index is 13.1. The van der Waals surface area contributed by atoms with Gasteiger partial charge in [0.2, 0.25) is 0 Å². The van der Waals surface area contributed by atoms with Gasteiger partial charge < -0.3 is 4.90 Å². The van der Waals surface area contributed by atoms with Crippen LogP contribution in [0.15, 0.2) is 71.8 Å². The standard InChI is InChI=1S/C23H20ClN3O2S/c1-15(18-10-6-7-11-20(18)24)26(2)21(28)19-13-25-23-27(22(19)29)14-17(30-23)12-16-8-4-3-5-9-16/h3-11,13-15H,12H2,1-2H3. The summed E-state index contributed by atoms with van der Waals surface area (Å²) in [6, 6.07) is 17.1. The van der Waals surface area contributed by atoms with Crippen molar-refractivity contribution in [1.82, 2.24) is 14.3 Å². The van der Waals surface area contributed by atoms with Crippen LogP contribution in [0.5, 0.6) is 0 Å². The van der Waals surface area contributed by atoms with Gasteiger partial charge in [-0.3, -0.25) is 14.0 Å². The lowest BCUT2D eigenvalue weighted by Crippen LogP contribution is -2.34. The molecule has 152 valence electrons. The van der Waals surface area contributed by atoms with Gasteiger partial charge in [-0.05, 0) is 24.1 Å². The minimum absolute atomic E-state index is 0.0398. The zero-order chi connectivity index (χ0) is 21.3. The number of hydrogen-bond donors (Lipinski definition) is 0. The van der Waals surface area contributed by atoms with Gasteiger partial charge in [0.25, 0.3) is 11.5 Å². The number of halogens is 1. The van der Waals surface area contributed by atoms with Crippen molar-refractivity contribution in [3.05, 3.63) is 104 Å². The van der Waals surface area contributed by atoms with E-state index in [2.05, 4.69) is 4.98 Å².